The number of hydrogen-bond acceptors (Lipinski definition) is 5. The van der Waals surface area contributed by atoms with Crippen molar-refractivity contribution in [1.29, 1.82) is 0 Å². The number of sulfone groups is 1. The summed E-state index contributed by atoms with van der Waals surface area (Å²) in [5, 5.41) is 2.81. The highest BCUT2D eigenvalue weighted by atomic mass is 32.2. The van der Waals surface area contributed by atoms with Crippen molar-refractivity contribution in [1.82, 2.24) is 15.2 Å². The van der Waals surface area contributed by atoms with Gasteiger partial charge >= 0.3 is 6.03 Å². The van der Waals surface area contributed by atoms with E-state index in [1.54, 1.807) is 13.2 Å². The molecule has 1 atom stereocenters. The lowest BCUT2D eigenvalue weighted by Crippen LogP contribution is -2.43. The van der Waals surface area contributed by atoms with E-state index in [1.165, 1.54) is 4.90 Å². The third-order valence-corrected chi connectivity index (χ3v) is 5.54. The first-order chi connectivity index (χ1) is 10.3. The summed E-state index contributed by atoms with van der Waals surface area (Å²) in [6.45, 7) is 0.381. The van der Waals surface area contributed by atoms with Crippen LogP contribution < -0.4 is 10.2 Å². The predicted octanol–water partition coefficient (Wildman–Crippen LogP) is 0.476. The molecule has 2 rings (SSSR count). The van der Waals surface area contributed by atoms with Crippen LogP contribution in [0.15, 0.2) is 18.3 Å². The smallest absolute Gasteiger partial charge is 0.317 e. The first kappa shape index (κ1) is 16.5. The zero-order valence-corrected chi connectivity index (χ0v) is 13.9. The van der Waals surface area contributed by atoms with Crippen molar-refractivity contribution < 1.29 is 13.2 Å². The fourth-order valence-corrected chi connectivity index (χ4v) is 4.14. The summed E-state index contributed by atoms with van der Waals surface area (Å²) in [6, 6.07) is 3.25. The summed E-state index contributed by atoms with van der Waals surface area (Å²) in [4.78, 5) is 19.7. The second kappa shape index (κ2) is 6.51. The van der Waals surface area contributed by atoms with Crippen molar-refractivity contribution in [3.63, 3.8) is 0 Å². The molecule has 1 aliphatic heterocycles. The number of carbonyl (C=O) groups excluding carboxylic acids is 1. The lowest BCUT2D eigenvalue weighted by molar-refractivity contribution is 0.194. The zero-order valence-electron chi connectivity index (χ0n) is 13.1. The van der Waals surface area contributed by atoms with E-state index in [4.69, 9.17) is 0 Å². The van der Waals surface area contributed by atoms with Crippen LogP contribution in [0.4, 0.5) is 10.6 Å². The molecule has 1 N–H and O–H groups in total. The molecule has 0 bridgehead atoms. The average Bonchev–Trinajstić information content (AvgIpc) is 2.84. The van der Waals surface area contributed by atoms with E-state index in [2.05, 4.69) is 10.3 Å². The van der Waals surface area contributed by atoms with Crippen LogP contribution in [0.2, 0.25) is 0 Å². The van der Waals surface area contributed by atoms with E-state index >= 15 is 0 Å². The first-order valence-corrected chi connectivity index (χ1v) is 8.94. The van der Waals surface area contributed by atoms with Gasteiger partial charge in [0.25, 0.3) is 0 Å². The number of nitrogens with one attached hydrogen (secondary N) is 1. The Bertz CT molecular complexity index is 645. The highest BCUT2D eigenvalue weighted by Gasteiger charge is 2.32. The van der Waals surface area contributed by atoms with Crippen molar-refractivity contribution in [3.8, 4) is 0 Å². The summed E-state index contributed by atoms with van der Waals surface area (Å²) in [6.07, 6.45) is 2.20. The summed E-state index contributed by atoms with van der Waals surface area (Å²) in [5.41, 5.74) is 0.944. The van der Waals surface area contributed by atoms with Crippen molar-refractivity contribution in [2.24, 2.45) is 0 Å². The second-order valence-electron chi connectivity index (χ2n) is 5.74. The number of anilines is 1. The van der Waals surface area contributed by atoms with Gasteiger partial charge in [-0.05, 0) is 24.1 Å². The molecule has 1 aromatic heterocycles. The van der Waals surface area contributed by atoms with Crippen molar-refractivity contribution in [2.75, 3.05) is 37.5 Å². The van der Waals surface area contributed by atoms with E-state index < -0.39 is 9.84 Å². The zero-order chi connectivity index (χ0) is 16.3. The molecule has 0 saturated carbocycles. The minimum absolute atomic E-state index is 0.0525. The van der Waals surface area contributed by atoms with Crippen LogP contribution >= 0.6 is 0 Å². The van der Waals surface area contributed by atoms with Crippen molar-refractivity contribution >= 4 is 21.7 Å². The van der Waals surface area contributed by atoms with Crippen LogP contribution in [0.5, 0.6) is 0 Å². The van der Waals surface area contributed by atoms with Crippen LogP contribution in [0.25, 0.3) is 0 Å². The van der Waals surface area contributed by atoms with Crippen LogP contribution in [0, 0.1) is 0 Å². The molecule has 1 saturated heterocycles. The summed E-state index contributed by atoms with van der Waals surface area (Å²) in [7, 11) is 2.45. The van der Waals surface area contributed by atoms with E-state index in [1.807, 2.05) is 31.1 Å². The van der Waals surface area contributed by atoms with Gasteiger partial charge in [-0.2, -0.15) is 0 Å². The highest BCUT2D eigenvalue weighted by Crippen LogP contribution is 2.16. The van der Waals surface area contributed by atoms with Crippen molar-refractivity contribution in [3.05, 3.63) is 23.9 Å². The van der Waals surface area contributed by atoms with E-state index in [9.17, 15) is 13.2 Å². The second-order valence-corrected chi connectivity index (χ2v) is 7.97. The Hall–Kier alpha value is -1.83. The number of amides is 2. The number of urea groups is 1. The molecule has 2 amide bonds. The van der Waals surface area contributed by atoms with Crippen LogP contribution in [0.1, 0.15) is 12.0 Å². The van der Waals surface area contributed by atoms with E-state index in [-0.39, 0.29) is 23.6 Å². The molecular formula is C14H22N4O3S. The minimum Gasteiger partial charge on any atom is -0.363 e. The van der Waals surface area contributed by atoms with Gasteiger partial charge in [0.15, 0.2) is 9.84 Å². The largest absolute Gasteiger partial charge is 0.363 e. The summed E-state index contributed by atoms with van der Waals surface area (Å²) < 4.78 is 23.0. The van der Waals surface area contributed by atoms with Gasteiger partial charge in [0.1, 0.15) is 5.82 Å². The molecule has 7 nitrogen and oxygen atoms in total. The maximum atomic E-state index is 12.1. The highest BCUT2D eigenvalue weighted by molar-refractivity contribution is 7.91. The molecule has 22 heavy (non-hydrogen) atoms. The normalized spacial score (nSPS) is 19.7. The molecule has 2 heterocycles. The van der Waals surface area contributed by atoms with E-state index in [0.29, 0.717) is 13.0 Å². The van der Waals surface area contributed by atoms with Gasteiger partial charge in [-0.3, -0.25) is 0 Å². The summed E-state index contributed by atoms with van der Waals surface area (Å²) >= 11 is 0. The van der Waals surface area contributed by atoms with Crippen molar-refractivity contribution in [2.45, 2.75) is 19.0 Å². The van der Waals surface area contributed by atoms with Gasteiger partial charge in [-0.15, -0.1) is 0 Å². The molecule has 0 aliphatic carbocycles. The molecule has 0 aromatic carbocycles. The number of nitrogens with zero attached hydrogens (tertiary/aromatic N) is 3. The Labute approximate surface area is 131 Å². The maximum absolute atomic E-state index is 12.1. The van der Waals surface area contributed by atoms with Crippen LogP contribution in [0.3, 0.4) is 0 Å². The minimum atomic E-state index is -2.99. The molecular weight excluding hydrogens is 304 g/mol. The quantitative estimate of drug-likeness (QED) is 0.870. The SMILES string of the molecule is CN(C)c1cc(CNC(=O)N(C)C2CCS(=O)(=O)C2)ccn1. The van der Waals surface area contributed by atoms with Gasteiger partial charge in [-0.25, -0.2) is 18.2 Å². The Morgan fingerprint density at radius 1 is 1.41 bits per heavy atom. The van der Waals surface area contributed by atoms with Gasteiger partial charge in [-0.1, -0.05) is 0 Å². The standard InChI is InChI=1S/C14H22N4O3S/c1-17(2)13-8-11(4-6-15-13)9-16-14(19)18(3)12-5-7-22(20,21)10-12/h4,6,8,12H,5,7,9-10H2,1-3H3,(H,16,19). The number of aromatic nitrogens is 1. The lowest BCUT2D eigenvalue weighted by Gasteiger charge is -2.23. The molecule has 0 spiro atoms. The number of carbonyl (C=O) groups is 1. The Morgan fingerprint density at radius 2 is 2.14 bits per heavy atom. The first-order valence-electron chi connectivity index (χ1n) is 7.12. The van der Waals surface area contributed by atoms with Gasteiger partial charge in [0.05, 0.1) is 11.5 Å². The lowest BCUT2D eigenvalue weighted by atomic mass is 10.2. The van der Waals surface area contributed by atoms with Gasteiger partial charge in [0, 0.05) is 39.9 Å². The number of rotatable bonds is 4. The monoisotopic (exact) mass is 326 g/mol. The molecule has 1 unspecified atom stereocenters. The fourth-order valence-electron chi connectivity index (χ4n) is 2.36. The van der Waals surface area contributed by atoms with Gasteiger partial charge < -0.3 is 15.1 Å². The molecule has 1 aromatic rings. The number of pyridine rings is 1. The van der Waals surface area contributed by atoms with Crippen LogP contribution in [-0.4, -0.2) is 63.0 Å². The van der Waals surface area contributed by atoms with Gasteiger partial charge in [0.2, 0.25) is 0 Å². The molecule has 1 aliphatic rings. The topological polar surface area (TPSA) is 82.6 Å². The molecule has 8 heteroatoms. The molecule has 122 valence electrons. The fraction of sp³-hybridized carbons (Fsp3) is 0.571. The van der Waals surface area contributed by atoms with E-state index in [0.717, 1.165) is 11.4 Å². The predicted molar refractivity (Wildman–Crippen MR) is 85.6 cm³/mol. The maximum Gasteiger partial charge on any atom is 0.317 e. The number of hydrogen-bond donors (Lipinski definition) is 1. The summed E-state index contributed by atoms with van der Waals surface area (Å²) in [5.74, 6) is 1.03. The Morgan fingerprint density at radius 3 is 2.73 bits per heavy atom. The molecule has 0 radical (unpaired) electrons. The Balaban J connectivity index is 1.91. The third kappa shape index (κ3) is 4.09. The molecule has 1 fully saturated rings. The van der Waals surface area contributed by atoms with Crippen LogP contribution in [-0.2, 0) is 16.4 Å². The average molecular weight is 326 g/mol. The Kier molecular flexibility index (Phi) is 4.90. The third-order valence-electron chi connectivity index (χ3n) is 3.79.